The standard InChI is InChI=1S/C18H20N4O3/c23-18(14-19-15-5-4-8-17(13-15)22(24)25)21-11-9-20(10-12-21)16-6-2-1-3-7-16/h1-8,13,19H,9-12,14H2. The van der Waals surface area contributed by atoms with Crippen LogP contribution >= 0.6 is 0 Å². The van der Waals surface area contributed by atoms with Crippen LogP contribution in [-0.4, -0.2) is 48.5 Å². The summed E-state index contributed by atoms with van der Waals surface area (Å²) in [6.07, 6.45) is 0. The SMILES string of the molecule is O=C(CNc1cccc([N+](=O)[O-])c1)N1CCN(c2ccccc2)CC1. The minimum absolute atomic E-state index is 0.000724. The Morgan fingerprint density at radius 1 is 1.04 bits per heavy atom. The number of carbonyl (C=O) groups is 1. The lowest BCUT2D eigenvalue weighted by molar-refractivity contribution is -0.384. The van der Waals surface area contributed by atoms with Crippen LogP contribution in [0.25, 0.3) is 0 Å². The summed E-state index contributed by atoms with van der Waals surface area (Å²) in [5, 5.41) is 13.8. The lowest BCUT2D eigenvalue weighted by Crippen LogP contribution is -2.50. The zero-order valence-corrected chi connectivity index (χ0v) is 13.8. The van der Waals surface area contributed by atoms with Crippen molar-refractivity contribution >= 4 is 23.0 Å². The molecule has 130 valence electrons. The number of benzene rings is 2. The molecule has 0 bridgehead atoms. The van der Waals surface area contributed by atoms with Gasteiger partial charge in [-0.2, -0.15) is 0 Å². The van der Waals surface area contributed by atoms with Crippen molar-refractivity contribution in [2.45, 2.75) is 0 Å². The van der Waals surface area contributed by atoms with Crippen LogP contribution in [0, 0.1) is 10.1 Å². The van der Waals surface area contributed by atoms with Gasteiger partial charge in [-0.3, -0.25) is 14.9 Å². The monoisotopic (exact) mass is 340 g/mol. The van der Waals surface area contributed by atoms with Crippen molar-refractivity contribution in [3.05, 3.63) is 64.7 Å². The maximum atomic E-state index is 12.3. The number of para-hydroxylation sites is 1. The molecule has 1 saturated heterocycles. The minimum Gasteiger partial charge on any atom is -0.376 e. The van der Waals surface area contributed by atoms with E-state index in [0.717, 1.165) is 13.1 Å². The molecule has 1 fully saturated rings. The summed E-state index contributed by atoms with van der Waals surface area (Å²) in [6, 6.07) is 16.3. The summed E-state index contributed by atoms with van der Waals surface area (Å²) in [7, 11) is 0. The molecule has 1 heterocycles. The summed E-state index contributed by atoms with van der Waals surface area (Å²) in [6.45, 7) is 3.07. The predicted octanol–water partition coefficient (Wildman–Crippen LogP) is 2.36. The number of amides is 1. The van der Waals surface area contributed by atoms with Crippen molar-refractivity contribution < 1.29 is 9.72 Å². The summed E-state index contributed by atoms with van der Waals surface area (Å²) in [4.78, 5) is 26.8. The molecular weight excluding hydrogens is 320 g/mol. The summed E-state index contributed by atoms with van der Waals surface area (Å²) >= 11 is 0. The van der Waals surface area contributed by atoms with Crippen LogP contribution in [0.4, 0.5) is 17.1 Å². The number of hydrogen-bond acceptors (Lipinski definition) is 5. The highest BCUT2D eigenvalue weighted by molar-refractivity contribution is 5.81. The first kappa shape index (κ1) is 16.8. The van der Waals surface area contributed by atoms with Gasteiger partial charge in [0.25, 0.3) is 5.69 Å². The van der Waals surface area contributed by atoms with E-state index in [-0.39, 0.29) is 18.1 Å². The van der Waals surface area contributed by atoms with Crippen LogP contribution in [0.1, 0.15) is 0 Å². The van der Waals surface area contributed by atoms with Crippen molar-refractivity contribution in [2.75, 3.05) is 42.9 Å². The van der Waals surface area contributed by atoms with Crippen LogP contribution in [0.15, 0.2) is 54.6 Å². The maximum Gasteiger partial charge on any atom is 0.271 e. The highest BCUT2D eigenvalue weighted by atomic mass is 16.6. The summed E-state index contributed by atoms with van der Waals surface area (Å²) in [5.41, 5.74) is 1.75. The van der Waals surface area contributed by atoms with Crippen molar-refractivity contribution in [2.24, 2.45) is 0 Å². The Balaban J connectivity index is 1.50. The van der Waals surface area contributed by atoms with E-state index in [1.54, 1.807) is 12.1 Å². The number of nitrogens with zero attached hydrogens (tertiary/aromatic N) is 3. The first-order chi connectivity index (χ1) is 12.1. The van der Waals surface area contributed by atoms with Crippen LogP contribution in [0.2, 0.25) is 0 Å². The summed E-state index contributed by atoms with van der Waals surface area (Å²) < 4.78 is 0. The van der Waals surface area contributed by atoms with E-state index in [1.165, 1.54) is 17.8 Å². The van der Waals surface area contributed by atoms with E-state index >= 15 is 0 Å². The second kappa shape index (κ2) is 7.65. The van der Waals surface area contributed by atoms with Crippen LogP contribution in [0.3, 0.4) is 0 Å². The molecule has 0 saturated carbocycles. The number of non-ortho nitro benzene ring substituents is 1. The highest BCUT2D eigenvalue weighted by Crippen LogP contribution is 2.18. The van der Waals surface area contributed by atoms with Gasteiger partial charge in [-0.25, -0.2) is 0 Å². The Labute approximate surface area is 146 Å². The van der Waals surface area contributed by atoms with Crippen LogP contribution < -0.4 is 10.2 Å². The molecule has 0 atom stereocenters. The highest BCUT2D eigenvalue weighted by Gasteiger charge is 2.21. The largest absolute Gasteiger partial charge is 0.376 e. The fourth-order valence-corrected chi connectivity index (χ4v) is 2.87. The molecule has 0 spiro atoms. The molecule has 3 rings (SSSR count). The van der Waals surface area contributed by atoms with Gasteiger partial charge in [-0.1, -0.05) is 24.3 Å². The maximum absolute atomic E-state index is 12.3. The smallest absolute Gasteiger partial charge is 0.271 e. The Hall–Kier alpha value is -3.09. The number of piperazine rings is 1. The van der Waals surface area contributed by atoms with E-state index in [9.17, 15) is 14.9 Å². The third-order valence-corrected chi connectivity index (χ3v) is 4.25. The lowest BCUT2D eigenvalue weighted by atomic mass is 10.2. The molecule has 1 aliphatic heterocycles. The Kier molecular flexibility index (Phi) is 5.13. The molecule has 1 N–H and O–H groups in total. The Morgan fingerprint density at radius 2 is 1.76 bits per heavy atom. The molecule has 0 aromatic heterocycles. The molecule has 1 aliphatic rings. The number of nitrogens with one attached hydrogen (secondary N) is 1. The molecule has 0 radical (unpaired) electrons. The minimum atomic E-state index is -0.449. The Morgan fingerprint density at radius 3 is 2.44 bits per heavy atom. The molecule has 7 heteroatoms. The van der Waals surface area contributed by atoms with Gasteiger partial charge in [0.2, 0.25) is 5.91 Å². The molecule has 0 aliphatic carbocycles. The van der Waals surface area contributed by atoms with E-state index in [0.29, 0.717) is 18.8 Å². The van der Waals surface area contributed by atoms with Crippen molar-refractivity contribution in [1.82, 2.24) is 4.90 Å². The predicted molar refractivity (Wildman–Crippen MR) is 96.8 cm³/mol. The first-order valence-electron chi connectivity index (χ1n) is 8.19. The van der Waals surface area contributed by atoms with Gasteiger partial charge < -0.3 is 15.1 Å². The molecule has 1 amide bonds. The molecule has 25 heavy (non-hydrogen) atoms. The molecule has 7 nitrogen and oxygen atoms in total. The van der Waals surface area contributed by atoms with Gasteiger partial charge >= 0.3 is 0 Å². The number of rotatable bonds is 5. The molecule has 0 unspecified atom stereocenters. The van der Waals surface area contributed by atoms with Crippen molar-refractivity contribution in [3.8, 4) is 0 Å². The number of carbonyl (C=O) groups excluding carboxylic acids is 1. The zero-order valence-electron chi connectivity index (χ0n) is 13.8. The first-order valence-corrected chi connectivity index (χ1v) is 8.19. The van der Waals surface area contributed by atoms with E-state index in [1.807, 2.05) is 23.1 Å². The van der Waals surface area contributed by atoms with Gasteiger partial charge in [0.1, 0.15) is 0 Å². The van der Waals surface area contributed by atoms with Gasteiger partial charge in [-0.05, 0) is 18.2 Å². The molecule has 2 aromatic rings. The van der Waals surface area contributed by atoms with Crippen LogP contribution in [-0.2, 0) is 4.79 Å². The van der Waals surface area contributed by atoms with E-state index < -0.39 is 4.92 Å². The van der Waals surface area contributed by atoms with Gasteiger partial charge in [0, 0.05) is 49.7 Å². The number of anilines is 2. The third-order valence-electron chi connectivity index (χ3n) is 4.25. The lowest BCUT2D eigenvalue weighted by Gasteiger charge is -2.36. The van der Waals surface area contributed by atoms with Crippen LogP contribution in [0.5, 0.6) is 0 Å². The zero-order chi connectivity index (χ0) is 17.6. The second-order valence-corrected chi connectivity index (χ2v) is 5.86. The van der Waals surface area contributed by atoms with Crippen molar-refractivity contribution in [3.63, 3.8) is 0 Å². The van der Waals surface area contributed by atoms with Gasteiger partial charge in [0.15, 0.2) is 0 Å². The third kappa shape index (κ3) is 4.26. The molecular formula is C18H20N4O3. The quantitative estimate of drug-likeness (QED) is 0.668. The van der Waals surface area contributed by atoms with E-state index in [4.69, 9.17) is 0 Å². The summed E-state index contributed by atoms with van der Waals surface area (Å²) in [5.74, 6) is -0.000724. The second-order valence-electron chi connectivity index (χ2n) is 5.86. The number of nitro benzene ring substituents is 1. The fourth-order valence-electron chi connectivity index (χ4n) is 2.87. The average molecular weight is 340 g/mol. The Bertz CT molecular complexity index is 743. The van der Waals surface area contributed by atoms with E-state index in [2.05, 4.69) is 22.3 Å². The van der Waals surface area contributed by atoms with Gasteiger partial charge in [-0.15, -0.1) is 0 Å². The number of hydrogen-bond donors (Lipinski definition) is 1. The van der Waals surface area contributed by atoms with Gasteiger partial charge in [0.05, 0.1) is 11.5 Å². The number of nitro groups is 1. The fraction of sp³-hybridized carbons (Fsp3) is 0.278. The van der Waals surface area contributed by atoms with Crippen molar-refractivity contribution in [1.29, 1.82) is 0 Å². The normalized spacial score (nSPS) is 14.2. The molecule has 2 aromatic carbocycles. The topological polar surface area (TPSA) is 78.7 Å². The average Bonchev–Trinajstić information content (AvgIpc) is 2.67.